The van der Waals surface area contributed by atoms with Gasteiger partial charge in [0.1, 0.15) is 17.0 Å². The van der Waals surface area contributed by atoms with Crippen LogP contribution in [0.25, 0.3) is 22.4 Å². The Bertz CT molecular complexity index is 1370. The van der Waals surface area contributed by atoms with E-state index in [0.29, 0.717) is 41.5 Å². The number of halogens is 1. The Hall–Kier alpha value is -3.46. The lowest BCUT2D eigenvalue weighted by Gasteiger charge is -2.35. The summed E-state index contributed by atoms with van der Waals surface area (Å²) in [4.78, 5) is 32.4. The van der Waals surface area contributed by atoms with Gasteiger partial charge in [-0.2, -0.15) is 0 Å². The SMILES string of the molecule is Cc1ccccc1-c1ccc(C(=O)N[C@]2(C(=O)O)CC[C@@H](O)CC2)nc1-c1ccc(Cl)c(OCCCN(C)C)c1. The predicted molar refractivity (Wildman–Crippen MR) is 156 cm³/mol. The Labute approximate surface area is 240 Å². The molecule has 3 N–H and O–H groups in total. The lowest BCUT2D eigenvalue weighted by molar-refractivity contribution is -0.146. The van der Waals surface area contributed by atoms with Gasteiger partial charge in [-0.15, -0.1) is 0 Å². The summed E-state index contributed by atoms with van der Waals surface area (Å²) in [6.45, 7) is 3.38. The van der Waals surface area contributed by atoms with Crippen molar-refractivity contribution in [2.75, 3.05) is 27.2 Å². The fraction of sp³-hybridized carbons (Fsp3) is 0.387. The summed E-state index contributed by atoms with van der Waals surface area (Å²) in [5, 5.41) is 23.0. The summed E-state index contributed by atoms with van der Waals surface area (Å²) in [6, 6.07) is 16.8. The Morgan fingerprint density at radius 1 is 1.10 bits per heavy atom. The van der Waals surface area contributed by atoms with Gasteiger partial charge < -0.3 is 25.2 Å². The number of ether oxygens (including phenoxy) is 1. The number of aliphatic hydroxyl groups excluding tert-OH is 1. The maximum Gasteiger partial charge on any atom is 0.329 e. The van der Waals surface area contributed by atoms with Crippen molar-refractivity contribution >= 4 is 23.5 Å². The van der Waals surface area contributed by atoms with Crippen LogP contribution < -0.4 is 10.1 Å². The summed E-state index contributed by atoms with van der Waals surface area (Å²) in [5.41, 5.74) is 2.76. The van der Waals surface area contributed by atoms with Crippen molar-refractivity contribution in [2.24, 2.45) is 0 Å². The molecule has 1 aliphatic carbocycles. The molecule has 3 aromatic rings. The molecule has 1 aliphatic rings. The molecule has 0 saturated heterocycles. The third-order valence-electron chi connectivity index (χ3n) is 7.35. The first-order valence-corrected chi connectivity index (χ1v) is 13.9. The standard InChI is InChI=1S/C31H36ClN3O5/c1-20-7-4-5-8-23(20)24-10-12-26(29(37)34-31(30(38)39)15-13-22(36)14-16-31)33-28(24)21-9-11-25(32)27(19-21)40-18-6-17-35(2)3/h4-5,7-12,19,22,36H,6,13-18H2,1-3H3,(H,34,37)(H,38,39)/t22-,31-. The zero-order valence-corrected chi connectivity index (χ0v) is 23.9. The average Bonchev–Trinajstić information content (AvgIpc) is 2.93. The lowest BCUT2D eigenvalue weighted by Crippen LogP contribution is -2.57. The molecule has 1 aromatic heterocycles. The van der Waals surface area contributed by atoms with Gasteiger partial charge in [0.05, 0.1) is 23.4 Å². The van der Waals surface area contributed by atoms with Crippen LogP contribution in [-0.4, -0.2) is 70.9 Å². The minimum absolute atomic E-state index is 0.0995. The Morgan fingerprint density at radius 2 is 1.82 bits per heavy atom. The molecule has 1 heterocycles. The second kappa shape index (κ2) is 12.8. The molecule has 0 bridgehead atoms. The number of pyridine rings is 1. The van der Waals surface area contributed by atoms with Crippen molar-refractivity contribution in [3.63, 3.8) is 0 Å². The number of carboxylic acids is 1. The van der Waals surface area contributed by atoms with Crippen molar-refractivity contribution < 1.29 is 24.5 Å². The van der Waals surface area contributed by atoms with Gasteiger partial charge in [-0.25, -0.2) is 9.78 Å². The number of carboxylic acid groups (broad SMARTS) is 1. The van der Waals surface area contributed by atoms with Crippen LogP contribution in [0.4, 0.5) is 0 Å². The number of amides is 1. The second-order valence-corrected chi connectivity index (χ2v) is 11.0. The molecular formula is C31H36ClN3O5. The molecule has 0 spiro atoms. The van der Waals surface area contributed by atoms with Gasteiger partial charge in [0.15, 0.2) is 0 Å². The van der Waals surface area contributed by atoms with E-state index in [9.17, 15) is 19.8 Å². The van der Waals surface area contributed by atoms with Crippen LogP contribution in [0.2, 0.25) is 5.02 Å². The fourth-order valence-electron chi connectivity index (χ4n) is 4.99. The normalized spacial score (nSPS) is 18.9. The van der Waals surface area contributed by atoms with Gasteiger partial charge in [0.25, 0.3) is 5.91 Å². The van der Waals surface area contributed by atoms with Crippen LogP contribution in [0.15, 0.2) is 54.6 Å². The molecule has 8 nitrogen and oxygen atoms in total. The number of aryl methyl sites for hydroxylation is 1. The predicted octanol–water partition coefficient (Wildman–Crippen LogP) is 5.20. The van der Waals surface area contributed by atoms with Gasteiger partial charge in [-0.05, 0) is 88.5 Å². The first-order chi connectivity index (χ1) is 19.1. The van der Waals surface area contributed by atoms with Crippen LogP contribution in [0, 0.1) is 6.92 Å². The van der Waals surface area contributed by atoms with E-state index >= 15 is 0 Å². The first-order valence-electron chi connectivity index (χ1n) is 13.5. The maximum absolute atomic E-state index is 13.4. The number of benzene rings is 2. The summed E-state index contributed by atoms with van der Waals surface area (Å²) >= 11 is 6.46. The number of aromatic nitrogens is 1. The summed E-state index contributed by atoms with van der Waals surface area (Å²) in [5.74, 6) is -1.17. The minimum Gasteiger partial charge on any atom is -0.492 e. The topological polar surface area (TPSA) is 112 Å². The van der Waals surface area contributed by atoms with Gasteiger partial charge in [-0.3, -0.25) is 4.79 Å². The van der Waals surface area contributed by atoms with Crippen LogP contribution in [0.1, 0.15) is 48.2 Å². The molecule has 0 radical (unpaired) electrons. The highest BCUT2D eigenvalue weighted by atomic mass is 35.5. The fourth-order valence-corrected chi connectivity index (χ4v) is 5.16. The first kappa shape index (κ1) is 29.5. The van der Waals surface area contributed by atoms with Crippen LogP contribution in [0.5, 0.6) is 5.75 Å². The zero-order valence-electron chi connectivity index (χ0n) is 23.1. The van der Waals surface area contributed by atoms with Crippen molar-refractivity contribution in [3.8, 4) is 28.1 Å². The van der Waals surface area contributed by atoms with E-state index in [1.807, 2.05) is 63.5 Å². The third-order valence-corrected chi connectivity index (χ3v) is 7.66. The van der Waals surface area contributed by atoms with E-state index in [2.05, 4.69) is 10.2 Å². The molecule has 0 unspecified atom stereocenters. The molecule has 1 fully saturated rings. The van der Waals surface area contributed by atoms with Crippen molar-refractivity contribution in [2.45, 2.75) is 50.7 Å². The molecule has 40 heavy (non-hydrogen) atoms. The molecule has 4 rings (SSSR count). The monoisotopic (exact) mass is 565 g/mol. The largest absolute Gasteiger partial charge is 0.492 e. The van der Waals surface area contributed by atoms with Crippen LogP contribution in [0.3, 0.4) is 0 Å². The summed E-state index contributed by atoms with van der Waals surface area (Å²) in [7, 11) is 4.01. The number of nitrogens with one attached hydrogen (secondary N) is 1. The zero-order chi connectivity index (χ0) is 28.9. The molecule has 9 heteroatoms. The maximum atomic E-state index is 13.4. The highest BCUT2D eigenvalue weighted by molar-refractivity contribution is 6.32. The number of hydrogen-bond donors (Lipinski definition) is 3. The highest BCUT2D eigenvalue weighted by Gasteiger charge is 2.43. The molecule has 1 saturated carbocycles. The second-order valence-electron chi connectivity index (χ2n) is 10.6. The van der Waals surface area contributed by atoms with Crippen molar-refractivity contribution in [1.29, 1.82) is 0 Å². The quantitative estimate of drug-likeness (QED) is 0.290. The van der Waals surface area contributed by atoms with Crippen LogP contribution >= 0.6 is 11.6 Å². The summed E-state index contributed by atoms with van der Waals surface area (Å²) < 4.78 is 5.99. The van der Waals surface area contributed by atoms with Gasteiger partial charge in [-0.1, -0.05) is 41.9 Å². The third kappa shape index (κ3) is 6.81. The molecule has 212 valence electrons. The molecular weight excluding hydrogens is 530 g/mol. The number of aliphatic hydroxyl groups is 1. The Balaban J connectivity index is 1.72. The van der Waals surface area contributed by atoms with E-state index in [1.165, 1.54) is 0 Å². The van der Waals surface area contributed by atoms with E-state index in [1.54, 1.807) is 12.1 Å². The molecule has 1 amide bonds. The molecule has 0 atom stereocenters. The van der Waals surface area contributed by atoms with Crippen molar-refractivity contribution in [1.82, 2.24) is 15.2 Å². The highest BCUT2D eigenvalue weighted by Crippen LogP contribution is 2.37. The van der Waals surface area contributed by atoms with E-state index in [-0.39, 0.29) is 18.5 Å². The number of aliphatic carboxylic acids is 1. The van der Waals surface area contributed by atoms with Gasteiger partial charge in [0.2, 0.25) is 0 Å². The number of nitrogens with zero attached hydrogens (tertiary/aromatic N) is 2. The average molecular weight is 566 g/mol. The Kier molecular flexibility index (Phi) is 9.45. The van der Waals surface area contributed by atoms with Crippen LogP contribution in [-0.2, 0) is 4.79 Å². The summed E-state index contributed by atoms with van der Waals surface area (Å²) in [6.07, 6.45) is 1.17. The van der Waals surface area contributed by atoms with E-state index in [0.717, 1.165) is 29.7 Å². The lowest BCUT2D eigenvalue weighted by atomic mass is 9.80. The Morgan fingerprint density at radius 3 is 2.50 bits per heavy atom. The molecule has 0 aliphatic heterocycles. The van der Waals surface area contributed by atoms with Crippen molar-refractivity contribution in [3.05, 3.63) is 70.9 Å². The number of carbonyl (C=O) groups is 2. The minimum atomic E-state index is -1.44. The van der Waals surface area contributed by atoms with Gasteiger partial charge in [0, 0.05) is 17.7 Å². The number of rotatable bonds is 10. The van der Waals surface area contributed by atoms with E-state index < -0.39 is 23.5 Å². The van der Waals surface area contributed by atoms with E-state index in [4.69, 9.17) is 21.3 Å². The van der Waals surface area contributed by atoms with Gasteiger partial charge >= 0.3 is 5.97 Å². The number of carbonyl (C=O) groups excluding carboxylic acids is 1. The molecule has 2 aromatic carbocycles. The smallest absolute Gasteiger partial charge is 0.329 e. The number of hydrogen-bond acceptors (Lipinski definition) is 6.